The van der Waals surface area contributed by atoms with Crippen LogP contribution in [-0.2, 0) is 26.4 Å². The molecule has 0 fully saturated rings. The van der Waals surface area contributed by atoms with Gasteiger partial charge in [0.05, 0.1) is 0 Å². The fourth-order valence-corrected chi connectivity index (χ4v) is 2.29. The van der Waals surface area contributed by atoms with Crippen molar-refractivity contribution in [2.24, 2.45) is 0 Å². The van der Waals surface area contributed by atoms with E-state index >= 15 is 0 Å². The van der Waals surface area contributed by atoms with Crippen molar-refractivity contribution in [3.05, 3.63) is 17.8 Å². The zero-order valence-corrected chi connectivity index (χ0v) is 9.94. The third kappa shape index (κ3) is 5.15. The van der Waals surface area contributed by atoms with Crippen molar-refractivity contribution in [1.82, 2.24) is 4.98 Å². The number of aromatic nitrogens is 1. The molecule has 1 aromatic rings. The monoisotopic (exact) mass is 249 g/mol. The highest BCUT2D eigenvalue weighted by Gasteiger charge is 2.02. The van der Waals surface area contributed by atoms with Gasteiger partial charge in [-0.15, -0.1) is 0 Å². The summed E-state index contributed by atoms with van der Waals surface area (Å²) in [7, 11) is -2.99. The summed E-state index contributed by atoms with van der Waals surface area (Å²) in [6, 6.07) is 1.83. The number of hydrogen-bond donors (Lipinski definition) is 3. The molecule has 1 rings (SSSR count). The summed E-state index contributed by atoms with van der Waals surface area (Å²) in [4.78, 5) is 2.69. The number of rotatable bonds is 6. The third-order valence-electron chi connectivity index (χ3n) is 2.16. The molecule has 0 saturated carbocycles. The summed E-state index contributed by atoms with van der Waals surface area (Å²) in [5, 5.41) is 9.28. The molecule has 4 nitrogen and oxygen atoms in total. The zero-order chi connectivity index (χ0) is 11.3. The fraction of sp³-hybridized carbons (Fsp3) is 0.556. The Morgan fingerprint density at radius 1 is 1.40 bits per heavy atom. The van der Waals surface area contributed by atoms with Crippen molar-refractivity contribution >= 4 is 20.0 Å². The Balaban J connectivity index is 2.15. The van der Waals surface area contributed by atoms with Crippen LogP contribution >= 0.6 is 0 Å². The Morgan fingerprint density at radius 3 is 2.67 bits per heavy atom. The molecule has 0 aliphatic heterocycles. The van der Waals surface area contributed by atoms with Gasteiger partial charge in [-0.2, -0.15) is 0 Å². The molecule has 1 aromatic heterocycles. The number of hydrogen-bond acceptors (Lipinski definition) is 3. The second kappa shape index (κ2) is 5.48. The van der Waals surface area contributed by atoms with Gasteiger partial charge in [0.1, 0.15) is 8.77 Å². The minimum absolute atomic E-state index is 0.182. The highest BCUT2D eigenvalue weighted by atomic mass is 32.8. The predicted molar refractivity (Wildman–Crippen MR) is 63.0 cm³/mol. The van der Waals surface area contributed by atoms with E-state index in [1.165, 1.54) is 0 Å². The van der Waals surface area contributed by atoms with Crippen LogP contribution in [0.5, 0.6) is 5.88 Å². The van der Waals surface area contributed by atoms with Crippen LogP contribution in [0.2, 0.25) is 0 Å². The molecule has 0 aliphatic carbocycles. The molecule has 1 atom stereocenters. The molecule has 1 heterocycles. The lowest BCUT2D eigenvalue weighted by molar-refractivity contribution is 0.449. The summed E-state index contributed by atoms with van der Waals surface area (Å²) in [6.07, 6.45) is 4.85. The number of nitrogens with one attached hydrogen (secondary N) is 1. The highest BCUT2D eigenvalue weighted by Crippen LogP contribution is 2.16. The van der Waals surface area contributed by atoms with E-state index in [9.17, 15) is 9.32 Å². The summed E-state index contributed by atoms with van der Waals surface area (Å²) in [6.45, 7) is 0. The molecule has 0 spiro atoms. The number of aromatic amines is 1. The van der Waals surface area contributed by atoms with Crippen LogP contribution in [0.4, 0.5) is 0 Å². The van der Waals surface area contributed by atoms with Gasteiger partial charge < -0.3 is 14.6 Å². The van der Waals surface area contributed by atoms with Crippen LogP contribution in [0.15, 0.2) is 12.3 Å². The molecule has 0 amide bonds. The van der Waals surface area contributed by atoms with E-state index < -0.39 is 8.77 Å². The zero-order valence-electron chi connectivity index (χ0n) is 8.31. The van der Waals surface area contributed by atoms with E-state index in [2.05, 4.69) is 16.2 Å². The van der Waals surface area contributed by atoms with Crippen LogP contribution in [0.25, 0.3) is 0 Å². The lowest BCUT2D eigenvalue weighted by Crippen LogP contribution is -2.01. The molecule has 0 bridgehead atoms. The largest absolute Gasteiger partial charge is 0.494 e. The van der Waals surface area contributed by atoms with E-state index in [0.29, 0.717) is 6.42 Å². The predicted octanol–water partition coefficient (Wildman–Crippen LogP) is 1.65. The molecule has 1 unspecified atom stereocenters. The number of unbranched alkanes of at least 4 members (excludes halogenated alkanes) is 2. The molecule has 0 radical (unpaired) electrons. The van der Waals surface area contributed by atoms with Gasteiger partial charge in [0, 0.05) is 28.7 Å². The van der Waals surface area contributed by atoms with Crippen LogP contribution in [0.1, 0.15) is 24.8 Å². The maximum Gasteiger partial charge on any atom is 0.191 e. The van der Waals surface area contributed by atoms with E-state index in [-0.39, 0.29) is 11.6 Å². The summed E-state index contributed by atoms with van der Waals surface area (Å²) >= 11 is 4.37. The van der Waals surface area contributed by atoms with Gasteiger partial charge in [0.2, 0.25) is 0 Å². The second-order valence-corrected chi connectivity index (χ2v) is 6.58. The van der Waals surface area contributed by atoms with Crippen molar-refractivity contribution in [3.63, 3.8) is 0 Å². The fourth-order valence-electron chi connectivity index (χ4n) is 1.37. The quantitative estimate of drug-likeness (QED) is 0.670. The van der Waals surface area contributed by atoms with Crippen molar-refractivity contribution in [2.75, 3.05) is 5.75 Å². The van der Waals surface area contributed by atoms with E-state index in [4.69, 9.17) is 4.55 Å². The molecule has 0 aliphatic rings. The van der Waals surface area contributed by atoms with Gasteiger partial charge in [-0.05, 0) is 25.3 Å². The molecule has 6 heteroatoms. The van der Waals surface area contributed by atoms with Crippen LogP contribution < -0.4 is 0 Å². The normalized spacial score (nSPS) is 15.0. The average Bonchev–Trinajstić information content (AvgIpc) is 2.49. The lowest BCUT2D eigenvalue weighted by atomic mass is 10.1. The standard InChI is InChI=1S/C9H15NO3S2/c11-9-8(5-6-10-9)4-2-1-3-7-15(12,13)14/h5-6,10-11H,1-4,7H2,(H,12,13,14). The van der Waals surface area contributed by atoms with Crippen molar-refractivity contribution < 1.29 is 13.9 Å². The average molecular weight is 249 g/mol. The Kier molecular flexibility index (Phi) is 4.56. The molecule has 3 N–H and O–H groups in total. The van der Waals surface area contributed by atoms with Gasteiger partial charge in [0.25, 0.3) is 0 Å². The second-order valence-electron chi connectivity index (χ2n) is 3.45. The first-order valence-corrected chi connectivity index (χ1v) is 7.40. The smallest absolute Gasteiger partial charge is 0.191 e. The topological polar surface area (TPSA) is 73.3 Å². The molecule has 86 valence electrons. The van der Waals surface area contributed by atoms with Crippen molar-refractivity contribution in [3.8, 4) is 5.88 Å². The molecule has 0 aromatic carbocycles. The van der Waals surface area contributed by atoms with Gasteiger partial charge in [0.15, 0.2) is 5.88 Å². The Bertz CT molecular complexity index is 397. The van der Waals surface area contributed by atoms with Crippen LogP contribution in [-0.4, -0.2) is 24.6 Å². The van der Waals surface area contributed by atoms with Crippen LogP contribution in [0, 0.1) is 0 Å². The maximum absolute atomic E-state index is 10.8. The minimum Gasteiger partial charge on any atom is -0.494 e. The summed E-state index contributed by atoms with van der Waals surface area (Å²) < 4.78 is 19.6. The van der Waals surface area contributed by atoms with Crippen LogP contribution in [0.3, 0.4) is 0 Å². The maximum atomic E-state index is 10.8. The summed E-state index contributed by atoms with van der Waals surface area (Å²) in [5.41, 5.74) is 0.887. The molecular weight excluding hydrogens is 234 g/mol. The first kappa shape index (κ1) is 12.5. The first-order valence-electron chi connectivity index (χ1n) is 4.79. The SMILES string of the molecule is O=S(O)(=S)CCCCCc1cc[nH]c1O. The van der Waals surface area contributed by atoms with E-state index in [0.717, 1.165) is 24.8 Å². The van der Waals surface area contributed by atoms with Gasteiger partial charge in [-0.1, -0.05) is 6.42 Å². The Hall–Kier alpha value is -0.590. The Morgan fingerprint density at radius 2 is 2.13 bits per heavy atom. The number of H-pyrrole nitrogens is 1. The van der Waals surface area contributed by atoms with Gasteiger partial charge in [-0.3, -0.25) is 0 Å². The Labute approximate surface area is 94.2 Å². The van der Waals surface area contributed by atoms with Gasteiger partial charge in [-0.25, -0.2) is 4.21 Å². The van der Waals surface area contributed by atoms with E-state index in [1.807, 2.05) is 6.07 Å². The number of aryl methyl sites for hydroxylation is 1. The molecular formula is C9H15NO3S2. The molecule has 0 saturated heterocycles. The minimum atomic E-state index is -2.99. The first-order chi connectivity index (χ1) is 6.99. The highest BCUT2D eigenvalue weighted by molar-refractivity contribution is 8.29. The van der Waals surface area contributed by atoms with Crippen molar-refractivity contribution in [2.45, 2.75) is 25.7 Å². The third-order valence-corrected chi connectivity index (χ3v) is 3.46. The van der Waals surface area contributed by atoms with Gasteiger partial charge >= 0.3 is 0 Å². The van der Waals surface area contributed by atoms with Crippen molar-refractivity contribution in [1.29, 1.82) is 0 Å². The molecule has 15 heavy (non-hydrogen) atoms. The number of aromatic hydroxyl groups is 1. The summed E-state index contributed by atoms with van der Waals surface area (Å²) in [5.74, 6) is 0.394. The lowest BCUT2D eigenvalue weighted by Gasteiger charge is -2.00. The van der Waals surface area contributed by atoms with E-state index in [1.54, 1.807) is 6.20 Å².